The first kappa shape index (κ1) is 30.2. The zero-order chi connectivity index (χ0) is 29.9. The molecule has 0 fully saturated rings. The van der Waals surface area contributed by atoms with Crippen LogP contribution in [-0.4, -0.2) is 24.4 Å². The van der Waals surface area contributed by atoms with E-state index in [4.69, 9.17) is 14.2 Å². The van der Waals surface area contributed by atoms with Gasteiger partial charge in [-0.05, 0) is 71.5 Å². The molecule has 0 aliphatic heterocycles. The molecule has 42 heavy (non-hydrogen) atoms. The standard InChI is InChI=1S/C22H22O3.C15H16O2/c1-16-7-6-10-20(21(23)18-11-13-19(24-2)14-12-18)22(16)25-15-17-8-4-3-5-9-17;1-11-4-3-5-13(15(11)16)10-12-6-8-14(17-2)9-7-12/h3-14,21,23H,15H2,1-2H3;3-9,16H,10H2,1-2H3. The van der Waals surface area contributed by atoms with Gasteiger partial charge in [-0.2, -0.15) is 0 Å². The van der Waals surface area contributed by atoms with Crippen LogP contribution in [-0.2, 0) is 13.0 Å². The number of para-hydroxylation sites is 2. The van der Waals surface area contributed by atoms with Gasteiger partial charge in [0.05, 0.1) is 14.2 Å². The largest absolute Gasteiger partial charge is 0.507 e. The highest BCUT2D eigenvalue weighted by Crippen LogP contribution is 2.34. The molecule has 0 aromatic heterocycles. The number of aryl methyl sites for hydroxylation is 2. The summed E-state index contributed by atoms with van der Waals surface area (Å²) in [6.07, 6.45) is -0.0195. The minimum Gasteiger partial charge on any atom is -0.507 e. The summed E-state index contributed by atoms with van der Waals surface area (Å²) in [4.78, 5) is 0. The average molecular weight is 563 g/mol. The molecule has 5 nitrogen and oxygen atoms in total. The van der Waals surface area contributed by atoms with Gasteiger partial charge in [-0.3, -0.25) is 0 Å². The molecule has 5 aromatic rings. The first-order chi connectivity index (χ1) is 20.4. The van der Waals surface area contributed by atoms with E-state index < -0.39 is 6.10 Å². The fourth-order valence-corrected chi connectivity index (χ4v) is 4.61. The molecule has 1 atom stereocenters. The second-order valence-corrected chi connectivity index (χ2v) is 10.1. The summed E-state index contributed by atoms with van der Waals surface area (Å²) in [6.45, 7) is 4.37. The molecular formula is C37H38O5. The zero-order valence-corrected chi connectivity index (χ0v) is 24.6. The maximum atomic E-state index is 10.8. The summed E-state index contributed by atoms with van der Waals surface area (Å²) in [6, 6.07) is 37.0. The lowest BCUT2D eigenvalue weighted by atomic mass is 9.98. The van der Waals surface area contributed by atoms with Gasteiger partial charge < -0.3 is 24.4 Å². The van der Waals surface area contributed by atoms with Crippen LogP contribution in [0.2, 0.25) is 0 Å². The molecule has 0 saturated heterocycles. The second kappa shape index (κ2) is 14.8. The zero-order valence-electron chi connectivity index (χ0n) is 24.6. The third kappa shape index (κ3) is 7.93. The SMILES string of the molecule is COc1ccc(C(O)c2cccc(C)c2OCc2ccccc2)cc1.COc1ccc(Cc2cccc(C)c2O)cc1. The maximum Gasteiger partial charge on any atom is 0.128 e. The summed E-state index contributed by atoms with van der Waals surface area (Å²) in [5.74, 6) is 2.74. The van der Waals surface area contributed by atoms with Gasteiger partial charge in [0.15, 0.2) is 0 Å². The highest BCUT2D eigenvalue weighted by atomic mass is 16.5. The molecule has 216 valence electrons. The lowest BCUT2D eigenvalue weighted by molar-refractivity contribution is 0.208. The second-order valence-electron chi connectivity index (χ2n) is 10.1. The van der Waals surface area contributed by atoms with E-state index in [2.05, 4.69) is 0 Å². The Morgan fingerprint density at radius 1 is 0.619 bits per heavy atom. The number of methoxy groups -OCH3 is 2. The lowest BCUT2D eigenvalue weighted by Crippen LogP contribution is -2.06. The van der Waals surface area contributed by atoms with Crippen LogP contribution in [0.4, 0.5) is 0 Å². The molecule has 0 aliphatic carbocycles. The summed E-state index contributed by atoms with van der Waals surface area (Å²) in [5.41, 5.74) is 6.69. The van der Waals surface area contributed by atoms with E-state index in [-0.39, 0.29) is 0 Å². The van der Waals surface area contributed by atoms with Gasteiger partial charge >= 0.3 is 0 Å². The van der Waals surface area contributed by atoms with Crippen molar-refractivity contribution in [3.63, 3.8) is 0 Å². The Balaban J connectivity index is 0.000000208. The number of aliphatic hydroxyl groups excluding tert-OH is 1. The minimum atomic E-state index is -0.753. The molecule has 0 bridgehead atoms. The number of aromatic hydroxyl groups is 1. The van der Waals surface area contributed by atoms with E-state index >= 15 is 0 Å². The monoisotopic (exact) mass is 562 g/mol. The van der Waals surface area contributed by atoms with E-state index in [1.807, 2.05) is 129 Å². The number of ether oxygens (including phenoxy) is 3. The van der Waals surface area contributed by atoms with Gasteiger partial charge in [0, 0.05) is 12.0 Å². The third-order valence-corrected chi connectivity index (χ3v) is 7.07. The molecule has 5 heteroatoms. The predicted octanol–water partition coefficient (Wildman–Crippen LogP) is 7.96. The van der Waals surface area contributed by atoms with Crippen LogP contribution < -0.4 is 14.2 Å². The highest BCUT2D eigenvalue weighted by molar-refractivity contribution is 5.46. The molecule has 0 saturated carbocycles. The van der Waals surface area contributed by atoms with Crippen LogP contribution in [0, 0.1) is 13.8 Å². The minimum absolute atomic E-state index is 0.392. The number of phenols is 1. The van der Waals surface area contributed by atoms with Gasteiger partial charge in [0.2, 0.25) is 0 Å². The number of hydrogen-bond acceptors (Lipinski definition) is 5. The molecule has 5 aromatic carbocycles. The molecule has 2 N–H and O–H groups in total. The van der Waals surface area contributed by atoms with Crippen LogP contribution in [0.15, 0.2) is 115 Å². The summed E-state index contributed by atoms with van der Waals surface area (Å²) >= 11 is 0. The first-order valence-electron chi connectivity index (χ1n) is 13.9. The Hall–Kier alpha value is -4.74. The van der Waals surface area contributed by atoms with E-state index in [9.17, 15) is 10.2 Å². The number of aliphatic hydroxyl groups is 1. The molecule has 1 unspecified atom stereocenters. The van der Waals surface area contributed by atoms with Crippen molar-refractivity contribution < 1.29 is 24.4 Å². The van der Waals surface area contributed by atoms with Crippen LogP contribution in [0.3, 0.4) is 0 Å². The molecule has 0 amide bonds. The van der Waals surface area contributed by atoms with Crippen LogP contribution in [0.5, 0.6) is 23.0 Å². The van der Waals surface area contributed by atoms with E-state index in [1.54, 1.807) is 14.2 Å². The van der Waals surface area contributed by atoms with Gasteiger partial charge in [-0.15, -0.1) is 0 Å². The van der Waals surface area contributed by atoms with Gasteiger partial charge in [0.1, 0.15) is 35.7 Å². The van der Waals surface area contributed by atoms with Crippen molar-refractivity contribution in [2.24, 2.45) is 0 Å². The smallest absolute Gasteiger partial charge is 0.128 e. The number of hydrogen-bond donors (Lipinski definition) is 2. The van der Waals surface area contributed by atoms with E-state index in [0.717, 1.165) is 62.6 Å². The van der Waals surface area contributed by atoms with Gasteiger partial charge in [-0.25, -0.2) is 0 Å². The van der Waals surface area contributed by atoms with Crippen molar-refractivity contribution in [1.82, 2.24) is 0 Å². The van der Waals surface area contributed by atoms with Gasteiger partial charge in [-0.1, -0.05) is 91.0 Å². The van der Waals surface area contributed by atoms with E-state index in [0.29, 0.717) is 12.4 Å². The fourth-order valence-electron chi connectivity index (χ4n) is 4.61. The van der Waals surface area contributed by atoms with Crippen LogP contribution >= 0.6 is 0 Å². The van der Waals surface area contributed by atoms with Crippen molar-refractivity contribution in [3.8, 4) is 23.0 Å². The van der Waals surface area contributed by atoms with Crippen molar-refractivity contribution in [2.45, 2.75) is 33.0 Å². The quantitative estimate of drug-likeness (QED) is 0.191. The fraction of sp³-hybridized carbons (Fsp3) is 0.189. The Bertz CT molecular complexity index is 1540. The average Bonchev–Trinajstić information content (AvgIpc) is 3.03. The summed E-state index contributed by atoms with van der Waals surface area (Å²) < 4.78 is 16.3. The Morgan fingerprint density at radius 3 is 1.86 bits per heavy atom. The number of phenolic OH excluding ortho intramolecular Hbond substituents is 1. The summed E-state index contributed by atoms with van der Waals surface area (Å²) in [5, 5.41) is 20.8. The Morgan fingerprint density at radius 2 is 1.21 bits per heavy atom. The number of benzene rings is 5. The maximum absolute atomic E-state index is 10.8. The molecular weight excluding hydrogens is 524 g/mol. The Labute approximate surface area is 248 Å². The van der Waals surface area contributed by atoms with Gasteiger partial charge in [0.25, 0.3) is 0 Å². The molecule has 0 heterocycles. The summed E-state index contributed by atoms with van der Waals surface area (Å²) in [7, 11) is 3.28. The van der Waals surface area contributed by atoms with Crippen molar-refractivity contribution >= 4 is 0 Å². The highest BCUT2D eigenvalue weighted by Gasteiger charge is 2.17. The van der Waals surface area contributed by atoms with Crippen LogP contribution in [0.25, 0.3) is 0 Å². The van der Waals surface area contributed by atoms with Crippen molar-refractivity contribution in [3.05, 3.63) is 154 Å². The molecule has 5 rings (SSSR count). The number of rotatable bonds is 9. The van der Waals surface area contributed by atoms with Crippen LogP contribution in [0.1, 0.15) is 45.0 Å². The van der Waals surface area contributed by atoms with Crippen molar-refractivity contribution in [1.29, 1.82) is 0 Å². The van der Waals surface area contributed by atoms with Crippen molar-refractivity contribution in [2.75, 3.05) is 14.2 Å². The first-order valence-corrected chi connectivity index (χ1v) is 13.9. The molecule has 0 aliphatic rings. The van der Waals surface area contributed by atoms with E-state index in [1.165, 1.54) is 0 Å². The lowest BCUT2D eigenvalue weighted by Gasteiger charge is -2.19. The molecule has 0 spiro atoms. The predicted molar refractivity (Wildman–Crippen MR) is 168 cm³/mol. The third-order valence-electron chi connectivity index (χ3n) is 7.07. The molecule has 0 radical (unpaired) electrons. The topological polar surface area (TPSA) is 68.2 Å². The Kier molecular flexibility index (Phi) is 10.6. The normalized spacial score (nSPS) is 11.2.